The fourth-order valence-corrected chi connectivity index (χ4v) is 5.96. The monoisotopic (exact) mass is 462 g/mol. The minimum atomic E-state index is -0.0172. The van der Waals surface area contributed by atoms with E-state index in [1.165, 1.54) is 0 Å². The average Bonchev–Trinajstić information content (AvgIpc) is 3.22. The van der Waals surface area contributed by atoms with Gasteiger partial charge in [-0.2, -0.15) is 0 Å². The molecule has 0 spiro atoms. The van der Waals surface area contributed by atoms with Gasteiger partial charge in [0.25, 0.3) is 11.1 Å². The summed E-state index contributed by atoms with van der Waals surface area (Å²) in [5.41, 5.74) is 3.95. The normalized spacial score (nSPS) is 11.6. The first-order valence-corrected chi connectivity index (χ1v) is 11.9. The van der Waals surface area contributed by atoms with Crippen molar-refractivity contribution in [2.75, 3.05) is 0 Å². The van der Waals surface area contributed by atoms with E-state index in [4.69, 9.17) is 0 Å². The van der Waals surface area contributed by atoms with Gasteiger partial charge in [0.05, 0.1) is 36.5 Å². The Morgan fingerprint density at radius 2 is 1.19 bits per heavy atom. The standard InChI is InChI=1S/C24H22N4O2S2/c1-13-15(3)31-21-19(13)23(29)27(11-25-21)9-17-6-5-7-18(8-17)10-28-12-26-22-20(24(28)30)14(2)16(4)32-22/h5-8,11-12H,9-10H2,1-4H3. The number of hydrogen-bond acceptors (Lipinski definition) is 6. The Labute approximate surface area is 192 Å². The summed E-state index contributed by atoms with van der Waals surface area (Å²) < 4.78 is 3.30. The molecule has 162 valence electrons. The lowest BCUT2D eigenvalue weighted by Crippen LogP contribution is -2.22. The van der Waals surface area contributed by atoms with Crippen molar-refractivity contribution in [3.63, 3.8) is 0 Å². The van der Waals surface area contributed by atoms with Gasteiger partial charge < -0.3 is 0 Å². The third kappa shape index (κ3) is 3.40. The van der Waals surface area contributed by atoms with Crippen LogP contribution in [-0.4, -0.2) is 19.1 Å². The topological polar surface area (TPSA) is 69.8 Å². The van der Waals surface area contributed by atoms with Crippen molar-refractivity contribution in [1.29, 1.82) is 0 Å². The Hall–Kier alpha value is -3.10. The molecule has 5 aromatic rings. The van der Waals surface area contributed by atoms with Crippen molar-refractivity contribution in [2.45, 2.75) is 40.8 Å². The van der Waals surface area contributed by atoms with E-state index in [9.17, 15) is 9.59 Å². The molecule has 0 unspecified atom stereocenters. The first kappa shape index (κ1) is 20.8. The highest BCUT2D eigenvalue weighted by molar-refractivity contribution is 7.19. The van der Waals surface area contributed by atoms with Crippen molar-refractivity contribution in [2.24, 2.45) is 0 Å². The highest BCUT2D eigenvalue weighted by Gasteiger charge is 2.14. The first-order chi connectivity index (χ1) is 15.3. The SMILES string of the molecule is Cc1sc2ncn(Cc3cccc(Cn4cnc5sc(C)c(C)c5c4=O)c3)c(=O)c2c1C. The smallest absolute Gasteiger partial charge is 0.262 e. The highest BCUT2D eigenvalue weighted by atomic mass is 32.1. The molecule has 1 aromatic carbocycles. The summed E-state index contributed by atoms with van der Waals surface area (Å²) in [6, 6.07) is 7.97. The van der Waals surface area contributed by atoms with Crippen LogP contribution in [0, 0.1) is 27.7 Å². The Morgan fingerprint density at radius 1 is 0.750 bits per heavy atom. The van der Waals surface area contributed by atoms with Crippen LogP contribution in [0.15, 0.2) is 46.5 Å². The molecule has 5 rings (SSSR count). The molecule has 0 fully saturated rings. The molecule has 0 radical (unpaired) electrons. The van der Waals surface area contributed by atoms with Crippen molar-refractivity contribution in [3.05, 3.63) is 89.6 Å². The molecular weight excluding hydrogens is 440 g/mol. The van der Waals surface area contributed by atoms with Crippen LogP contribution in [0.2, 0.25) is 0 Å². The van der Waals surface area contributed by atoms with E-state index >= 15 is 0 Å². The number of benzene rings is 1. The van der Waals surface area contributed by atoms with Gasteiger partial charge in [0.2, 0.25) is 0 Å². The lowest BCUT2D eigenvalue weighted by Gasteiger charge is -2.09. The van der Waals surface area contributed by atoms with E-state index in [1.807, 2.05) is 52.0 Å². The van der Waals surface area contributed by atoms with Crippen LogP contribution < -0.4 is 11.1 Å². The number of thiophene rings is 2. The van der Waals surface area contributed by atoms with Gasteiger partial charge in [-0.3, -0.25) is 18.7 Å². The van der Waals surface area contributed by atoms with E-state index in [0.29, 0.717) is 23.9 Å². The molecule has 4 aromatic heterocycles. The second-order valence-electron chi connectivity index (χ2n) is 8.10. The van der Waals surface area contributed by atoms with E-state index in [2.05, 4.69) is 9.97 Å². The number of rotatable bonds is 4. The minimum absolute atomic E-state index is 0.0172. The molecule has 0 amide bonds. The summed E-state index contributed by atoms with van der Waals surface area (Å²) in [5, 5.41) is 1.41. The number of nitrogens with zero attached hydrogens (tertiary/aromatic N) is 4. The van der Waals surface area contributed by atoms with Crippen LogP contribution in [0.4, 0.5) is 0 Å². The summed E-state index contributed by atoms with van der Waals surface area (Å²) in [5.74, 6) is 0. The van der Waals surface area contributed by atoms with Gasteiger partial charge in [0, 0.05) is 9.75 Å². The number of aryl methyl sites for hydroxylation is 4. The first-order valence-electron chi connectivity index (χ1n) is 10.3. The minimum Gasteiger partial charge on any atom is -0.294 e. The zero-order chi connectivity index (χ0) is 22.6. The fourth-order valence-electron chi connectivity index (χ4n) is 3.98. The van der Waals surface area contributed by atoms with Gasteiger partial charge >= 0.3 is 0 Å². The molecule has 8 heteroatoms. The third-order valence-electron chi connectivity index (χ3n) is 6.01. The van der Waals surface area contributed by atoms with Crippen molar-refractivity contribution in [3.8, 4) is 0 Å². The largest absolute Gasteiger partial charge is 0.294 e. The maximum absolute atomic E-state index is 13.0. The van der Waals surface area contributed by atoms with E-state index in [-0.39, 0.29) is 11.1 Å². The maximum Gasteiger partial charge on any atom is 0.262 e. The molecule has 6 nitrogen and oxygen atoms in total. The van der Waals surface area contributed by atoms with Gasteiger partial charge in [0.1, 0.15) is 9.66 Å². The van der Waals surface area contributed by atoms with Crippen molar-refractivity contribution < 1.29 is 0 Å². The van der Waals surface area contributed by atoms with Gasteiger partial charge in [-0.1, -0.05) is 24.3 Å². The predicted molar refractivity (Wildman–Crippen MR) is 131 cm³/mol. The fraction of sp³-hybridized carbons (Fsp3) is 0.250. The van der Waals surface area contributed by atoms with E-state index < -0.39 is 0 Å². The Bertz CT molecular complexity index is 1500. The highest BCUT2D eigenvalue weighted by Crippen LogP contribution is 2.26. The molecule has 0 aliphatic carbocycles. The Morgan fingerprint density at radius 3 is 1.62 bits per heavy atom. The van der Waals surface area contributed by atoms with Crippen LogP contribution in [0.3, 0.4) is 0 Å². The molecular formula is C24H22N4O2S2. The van der Waals surface area contributed by atoms with Crippen LogP contribution in [-0.2, 0) is 13.1 Å². The molecule has 0 atom stereocenters. The quantitative estimate of drug-likeness (QED) is 0.393. The molecule has 4 heterocycles. The summed E-state index contributed by atoms with van der Waals surface area (Å²) in [6.45, 7) is 8.84. The van der Waals surface area contributed by atoms with Crippen molar-refractivity contribution >= 4 is 43.1 Å². The second kappa shape index (κ2) is 7.79. The predicted octanol–water partition coefficient (Wildman–Crippen LogP) is 4.56. The Kier molecular flexibility index (Phi) is 5.06. The maximum atomic E-state index is 13.0. The van der Waals surface area contributed by atoms with E-state index in [1.54, 1.807) is 44.5 Å². The van der Waals surface area contributed by atoms with Crippen LogP contribution in [0.1, 0.15) is 32.0 Å². The number of fused-ring (bicyclic) bond motifs is 2. The molecule has 0 bridgehead atoms. The van der Waals surface area contributed by atoms with Crippen LogP contribution in [0.25, 0.3) is 20.4 Å². The summed E-state index contributed by atoms with van der Waals surface area (Å²) >= 11 is 3.11. The Balaban J connectivity index is 1.47. The van der Waals surface area contributed by atoms with Crippen LogP contribution in [0.5, 0.6) is 0 Å². The molecule has 0 saturated carbocycles. The lowest BCUT2D eigenvalue weighted by atomic mass is 10.1. The zero-order valence-corrected chi connectivity index (χ0v) is 19.9. The molecule has 0 saturated heterocycles. The van der Waals surface area contributed by atoms with Crippen molar-refractivity contribution in [1.82, 2.24) is 19.1 Å². The van der Waals surface area contributed by atoms with Crippen LogP contribution >= 0.6 is 22.7 Å². The lowest BCUT2D eigenvalue weighted by molar-refractivity contribution is 0.733. The number of aromatic nitrogens is 4. The third-order valence-corrected chi connectivity index (χ3v) is 8.24. The van der Waals surface area contributed by atoms with Gasteiger partial charge in [-0.05, 0) is 49.9 Å². The average molecular weight is 463 g/mol. The molecule has 0 aliphatic rings. The van der Waals surface area contributed by atoms with E-state index in [0.717, 1.165) is 41.7 Å². The summed E-state index contributed by atoms with van der Waals surface area (Å²) in [7, 11) is 0. The molecule has 32 heavy (non-hydrogen) atoms. The molecule has 0 N–H and O–H groups in total. The zero-order valence-electron chi connectivity index (χ0n) is 18.3. The van der Waals surface area contributed by atoms with Gasteiger partial charge in [-0.15, -0.1) is 22.7 Å². The summed E-state index contributed by atoms with van der Waals surface area (Å²) in [6.07, 6.45) is 3.24. The van der Waals surface area contributed by atoms with Gasteiger partial charge in [-0.25, -0.2) is 9.97 Å². The van der Waals surface area contributed by atoms with Gasteiger partial charge in [0.15, 0.2) is 0 Å². The summed E-state index contributed by atoms with van der Waals surface area (Å²) in [4.78, 5) is 38.8. The second-order valence-corrected chi connectivity index (χ2v) is 10.5. The molecule has 0 aliphatic heterocycles. The number of hydrogen-bond donors (Lipinski definition) is 0.